The van der Waals surface area contributed by atoms with E-state index in [2.05, 4.69) is 15.5 Å². The van der Waals surface area contributed by atoms with Gasteiger partial charge in [0.1, 0.15) is 12.1 Å². The predicted molar refractivity (Wildman–Crippen MR) is 63.2 cm³/mol. The largest absolute Gasteiger partial charge is 0.313 e. The quantitative estimate of drug-likeness (QED) is 0.738. The number of aromatic nitrogens is 2. The minimum absolute atomic E-state index is 0.0515. The summed E-state index contributed by atoms with van der Waals surface area (Å²) in [6.45, 7) is 2.90. The first-order valence-electron chi connectivity index (χ1n) is 4.97. The smallest absolute Gasteiger partial charge is 0.286 e. The van der Waals surface area contributed by atoms with Gasteiger partial charge in [0, 0.05) is 0 Å². The molecular formula is C9H9ClN4O3S. The summed E-state index contributed by atoms with van der Waals surface area (Å²) in [5.74, 6) is -1.58. The van der Waals surface area contributed by atoms with Crippen molar-refractivity contribution in [3.63, 3.8) is 0 Å². The molecule has 0 unspecified atom stereocenters. The van der Waals surface area contributed by atoms with Crippen molar-refractivity contribution >= 4 is 40.7 Å². The Labute approximate surface area is 111 Å². The van der Waals surface area contributed by atoms with E-state index in [1.165, 1.54) is 0 Å². The van der Waals surface area contributed by atoms with Crippen molar-refractivity contribution in [2.75, 3.05) is 6.54 Å². The number of hydrogen-bond donors (Lipinski definition) is 1. The van der Waals surface area contributed by atoms with Crippen LogP contribution in [0.5, 0.6) is 0 Å². The van der Waals surface area contributed by atoms with Gasteiger partial charge in [0.15, 0.2) is 0 Å². The van der Waals surface area contributed by atoms with E-state index in [0.717, 1.165) is 16.2 Å². The SMILES string of the molecule is CC1(C)C(=O)NC(=O)CN1C(=O)c1nnc(Cl)s1. The molecule has 0 aromatic carbocycles. The van der Waals surface area contributed by atoms with Crippen LogP contribution in [0, 0.1) is 0 Å². The second-order valence-corrected chi connectivity index (χ2v) is 5.75. The number of halogens is 1. The van der Waals surface area contributed by atoms with Crippen LogP contribution in [0.2, 0.25) is 4.47 Å². The topological polar surface area (TPSA) is 92.3 Å². The molecule has 1 aromatic rings. The Morgan fingerprint density at radius 3 is 2.67 bits per heavy atom. The standard InChI is InChI=1S/C9H9ClN4O3S/c1-9(2)7(17)11-4(15)3-14(9)6(16)5-12-13-8(10)18-5/h3H2,1-2H3,(H,11,15,17). The number of piperazine rings is 1. The molecule has 0 atom stereocenters. The van der Waals surface area contributed by atoms with Crippen LogP contribution in [0.1, 0.15) is 23.6 Å². The molecule has 0 aliphatic carbocycles. The normalized spacial score (nSPS) is 18.7. The van der Waals surface area contributed by atoms with Gasteiger partial charge < -0.3 is 4.90 Å². The summed E-state index contributed by atoms with van der Waals surface area (Å²) in [5.41, 5.74) is -1.12. The molecule has 0 radical (unpaired) electrons. The van der Waals surface area contributed by atoms with Crippen LogP contribution < -0.4 is 5.32 Å². The van der Waals surface area contributed by atoms with Crippen LogP contribution in [0.3, 0.4) is 0 Å². The molecule has 1 N–H and O–H groups in total. The van der Waals surface area contributed by atoms with Crippen molar-refractivity contribution in [1.29, 1.82) is 0 Å². The highest BCUT2D eigenvalue weighted by atomic mass is 35.5. The molecular weight excluding hydrogens is 280 g/mol. The van der Waals surface area contributed by atoms with Gasteiger partial charge >= 0.3 is 0 Å². The summed E-state index contributed by atoms with van der Waals surface area (Å²) in [5, 5.41) is 9.36. The number of imide groups is 1. The van der Waals surface area contributed by atoms with Crippen molar-refractivity contribution in [1.82, 2.24) is 20.4 Å². The number of rotatable bonds is 1. The van der Waals surface area contributed by atoms with E-state index in [-0.39, 0.29) is 16.0 Å². The molecule has 0 bridgehead atoms. The number of carbonyl (C=O) groups is 3. The molecule has 2 heterocycles. The van der Waals surface area contributed by atoms with Crippen molar-refractivity contribution in [2.45, 2.75) is 19.4 Å². The maximum atomic E-state index is 12.2. The molecule has 7 nitrogen and oxygen atoms in total. The Morgan fingerprint density at radius 1 is 1.44 bits per heavy atom. The van der Waals surface area contributed by atoms with Crippen LogP contribution in [0.25, 0.3) is 0 Å². The molecule has 1 aliphatic heterocycles. The fraction of sp³-hybridized carbons (Fsp3) is 0.444. The molecule has 0 saturated carbocycles. The summed E-state index contributed by atoms with van der Waals surface area (Å²) in [6.07, 6.45) is 0. The van der Waals surface area contributed by atoms with Crippen molar-refractivity contribution in [2.24, 2.45) is 0 Å². The molecule has 9 heteroatoms. The molecule has 1 fully saturated rings. The van der Waals surface area contributed by atoms with Crippen LogP contribution in [0.4, 0.5) is 0 Å². The van der Waals surface area contributed by atoms with E-state index < -0.39 is 23.3 Å². The van der Waals surface area contributed by atoms with Crippen molar-refractivity contribution in [3.8, 4) is 0 Å². The Morgan fingerprint density at radius 2 is 2.11 bits per heavy atom. The van der Waals surface area contributed by atoms with E-state index in [9.17, 15) is 14.4 Å². The van der Waals surface area contributed by atoms with Gasteiger partial charge in [-0.3, -0.25) is 19.7 Å². The molecule has 96 valence electrons. The molecule has 1 aliphatic rings. The van der Waals surface area contributed by atoms with Crippen LogP contribution in [-0.2, 0) is 9.59 Å². The van der Waals surface area contributed by atoms with Crippen LogP contribution >= 0.6 is 22.9 Å². The molecule has 1 aromatic heterocycles. The van der Waals surface area contributed by atoms with Gasteiger partial charge in [-0.15, -0.1) is 10.2 Å². The minimum Gasteiger partial charge on any atom is -0.313 e. The van der Waals surface area contributed by atoms with E-state index in [1.54, 1.807) is 13.8 Å². The Balaban J connectivity index is 2.33. The van der Waals surface area contributed by atoms with Crippen LogP contribution in [0.15, 0.2) is 0 Å². The fourth-order valence-corrected chi connectivity index (χ4v) is 2.29. The average molecular weight is 289 g/mol. The lowest BCUT2D eigenvalue weighted by molar-refractivity contribution is -0.143. The van der Waals surface area contributed by atoms with E-state index in [1.807, 2.05) is 0 Å². The minimum atomic E-state index is -1.12. The second kappa shape index (κ2) is 4.29. The Kier molecular flexibility index (Phi) is 3.07. The lowest BCUT2D eigenvalue weighted by atomic mass is 9.98. The molecule has 3 amide bonds. The first-order chi connectivity index (χ1) is 8.32. The first-order valence-corrected chi connectivity index (χ1v) is 6.17. The average Bonchev–Trinajstić information content (AvgIpc) is 2.70. The van der Waals surface area contributed by atoms with Gasteiger partial charge in [0.25, 0.3) is 11.8 Å². The number of nitrogens with zero attached hydrogens (tertiary/aromatic N) is 3. The maximum absolute atomic E-state index is 12.2. The van der Waals surface area contributed by atoms with Crippen molar-refractivity contribution in [3.05, 3.63) is 9.47 Å². The maximum Gasteiger partial charge on any atom is 0.286 e. The third kappa shape index (κ3) is 2.08. The van der Waals surface area contributed by atoms with Gasteiger partial charge in [0.05, 0.1) is 0 Å². The zero-order chi connectivity index (χ0) is 13.5. The summed E-state index contributed by atoms with van der Waals surface area (Å²) in [7, 11) is 0. The van der Waals surface area contributed by atoms with Crippen LogP contribution in [-0.4, -0.2) is 44.9 Å². The zero-order valence-corrected chi connectivity index (χ0v) is 11.1. The molecule has 1 saturated heterocycles. The number of hydrogen-bond acceptors (Lipinski definition) is 6. The first kappa shape index (κ1) is 12.9. The molecule has 18 heavy (non-hydrogen) atoms. The highest BCUT2D eigenvalue weighted by molar-refractivity contribution is 7.17. The highest BCUT2D eigenvalue weighted by Crippen LogP contribution is 2.23. The summed E-state index contributed by atoms with van der Waals surface area (Å²) >= 11 is 6.50. The lowest BCUT2D eigenvalue weighted by Gasteiger charge is -2.39. The molecule has 2 rings (SSSR count). The van der Waals surface area contributed by atoms with E-state index in [4.69, 9.17) is 11.6 Å². The van der Waals surface area contributed by atoms with Gasteiger partial charge in [-0.25, -0.2) is 0 Å². The summed E-state index contributed by atoms with van der Waals surface area (Å²) in [6, 6.07) is 0. The highest BCUT2D eigenvalue weighted by Gasteiger charge is 2.44. The number of amides is 3. The summed E-state index contributed by atoms with van der Waals surface area (Å²) < 4.78 is 0.129. The Bertz CT molecular complexity index is 542. The Hall–Kier alpha value is -1.54. The van der Waals surface area contributed by atoms with E-state index in [0.29, 0.717) is 0 Å². The third-order valence-electron chi connectivity index (χ3n) is 2.61. The van der Waals surface area contributed by atoms with Gasteiger partial charge in [0.2, 0.25) is 15.4 Å². The second-order valence-electron chi connectivity index (χ2n) is 4.19. The fourth-order valence-electron chi connectivity index (χ4n) is 1.52. The monoisotopic (exact) mass is 288 g/mol. The van der Waals surface area contributed by atoms with E-state index >= 15 is 0 Å². The van der Waals surface area contributed by atoms with Gasteiger partial charge in [-0.1, -0.05) is 11.3 Å². The van der Waals surface area contributed by atoms with Crippen molar-refractivity contribution < 1.29 is 14.4 Å². The predicted octanol–water partition coefficient (Wildman–Crippen LogP) is 0.0687. The van der Waals surface area contributed by atoms with Gasteiger partial charge in [-0.05, 0) is 25.4 Å². The summed E-state index contributed by atoms with van der Waals surface area (Å²) in [4.78, 5) is 36.3. The lowest BCUT2D eigenvalue weighted by Crippen LogP contribution is -2.65. The third-order valence-corrected chi connectivity index (χ3v) is 3.62. The molecule has 0 spiro atoms. The number of nitrogens with one attached hydrogen (secondary N) is 1. The number of carbonyl (C=O) groups excluding carboxylic acids is 3. The zero-order valence-electron chi connectivity index (χ0n) is 9.56. The van der Waals surface area contributed by atoms with Gasteiger partial charge in [-0.2, -0.15) is 0 Å².